The Balaban J connectivity index is 1.85. The highest BCUT2D eigenvalue weighted by Gasteiger charge is 2.20. The van der Waals surface area contributed by atoms with E-state index in [1.807, 2.05) is 0 Å². The summed E-state index contributed by atoms with van der Waals surface area (Å²) in [4.78, 5) is 0. The summed E-state index contributed by atoms with van der Waals surface area (Å²) in [6.45, 7) is 0.818. The van der Waals surface area contributed by atoms with E-state index in [0.29, 0.717) is 12.5 Å². The van der Waals surface area contributed by atoms with Gasteiger partial charge in [-0.25, -0.2) is 12.8 Å². The molecule has 0 aromatic heterocycles. The van der Waals surface area contributed by atoms with E-state index in [-0.39, 0.29) is 21.5 Å². The molecule has 0 saturated heterocycles. The summed E-state index contributed by atoms with van der Waals surface area (Å²) in [5.41, 5.74) is 0.0239. The first-order valence-corrected chi connectivity index (χ1v) is 9.16. The standard InChI is InChI=1S/C13H17Cl2FN2O2S/c14-11-7-9(16)8-12(15)13(11)18-21(19,20)6-2-1-5-17-10-3-4-10/h7-8,10,17-18H,1-6H2. The van der Waals surface area contributed by atoms with Crippen LogP contribution in [0.4, 0.5) is 10.1 Å². The molecule has 1 fully saturated rings. The Hall–Kier alpha value is -0.560. The Bertz CT molecular complexity index is 583. The van der Waals surface area contributed by atoms with Gasteiger partial charge in [-0.15, -0.1) is 0 Å². The maximum atomic E-state index is 13.0. The molecule has 8 heteroatoms. The predicted octanol–water partition coefficient (Wildman–Crippen LogP) is 3.41. The molecule has 118 valence electrons. The van der Waals surface area contributed by atoms with Crippen LogP contribution in [0.3, 0.4) is 0 Å². The molecule has 21 heavy (non-hydrogen) atoms. The zero-order chi connectivity index (χ0) is 15.5. The molecule has 1 aromatic rings. The minimum atomic E-state index is -3.55. The molecule has 0 aliphatic heterocycles. The van der Waals surface area contributed by atoms with Crippen molar-refractivity contribution in [2.75, 3.05) is 17.0 Å². The number of halogens is 3. The summed E-state index contributed by atoms with van der Waals surface area (Å²) < 4.78 is 39.3. The molecular weight excluding hydrogens is 338 g/mol. The fraction of sp³-hybridized carbons (Fsp3) is 0.538. The summed E-state index contributed by atoms with van der Waals surface area (Å²) in [6.07, 6.45) is 3.73. The number of sulfonamides is 1. The second-order valence-electron chi connectivity index (χ2n) is 5.10. The highest BCUT2D eigenvalue weighted by atomic mass is 35.5. The number of anilines is 1. The maximum absolute atomic E-state index is 13.0. The van der Waals surface area contributed by atoms with Crippen molar-refractivity contribution in [2.45, 2.75) is 31.7 Å². The molecule has 2 N–H and O–H groups in total. The van der Waals surface area contributed by atoms with Gasteiger partial charge in [0.2, 0.25) is 10.0 Å². The Morgan fingerprint density at radius 1 is 1.19 bits per heavy atom. The van der Waals surface area contributed by atoms with Gasteiger partial charge in [-0.3, -0.25) is 4.72 Å². The lowest BCUT2D eigenvalue weighted by molar-refractivity contribution is 0.590. The highest BCUT2D eigenvalue weighted by molar-refractivity contribution is 7.92. The van der Waals surface area contributed by atoms with Crippen LogP contribution in [0.15, 0.2) is 12.1 Å². The van der Waals surface area contributed by atoms with Crippen LogP contribution >= 0.6 is 23.2 Å². The van der Waals surface area contributed by atoms with Crippen LogP contribution in [-0.4, -0.2) is 26.8 Å². The van der Waals surface area contributed by atoms with Crippen LogP contribution in [0.1, 0.15) is 25.7 Å². The molecule has 2 rings (SSSR count). The van der Waals surface area contributed by atoms with Gasteiger partial charge in [0.25, 0.3) is 0 Å². The van der Waals surface area contributed by atoms with Gasteiger partial charge in [0.15, 0.2) is 0 Å². The monoisotopic (exact) mass is 354 g/mol. The second-order valence-corrected chi connectivity index (χ2v) is 7.76. The van der Waals surface area contributed by atoms with Crippen molar-refractivity contribution in [1.29, 1.82) is 0 Å². The molecule has 0 bridgehead atoms. The number of hydrogen-bond acceptors (Lipinski definition) is 3. The number of nitrogens with one attached hydrogen (secondary N) is 2. The summed E-state index contributed by atoms with van der Waals surface area (Å²) >= 11 is 11.6. The molecule has 0 atom stereocenters. The third-order valence-corrected chi connectivity index (χ3v) is 5.05. The molecule has 0 spiro atoms. The van der Waals surface area contributed by atoms with E-state index < -0.39 is 15.8 Å². The van der Waals surface area contributed by atoms with E-state index in [9.17, 15) is 12.8 Å². The molecule has 1 saturated carbocycles. The molecule has 0 radical (unpaired) electrons. The predicted molar refractivity (Wildman–Crippen MR) is 84.1 cm³/mol. The third kappa shape index (κ3) is 5.62. The van der Waals surface area contributed by atoms with Gasteiger partial charge in [0.05, 0.1) is 21.5 Å². The maximum Gasteiger partial charge on any atom is 0.232 e. The van der Waals surface area contributed by atoms with Gasteiger partial charge >= 0.3 is 0 Å². The van der Waals surface area contributed by atoms with E-state index in [1.165, 1.54) is 12.8 Å². The molecule has 1 aliphatic carbocycles. The van der Waals surface area contributed by atoms with Gasteiger partial charge in [-0.1, -0.05) is 23.2 Å². The first-order chi connectivity index (χ1) is 9.87. The Morgan fingerprint density at radius 3 is 2.38 bits per heavy atom. The molecule has 1 aliphatic rings. The number of benzene rings is 1. The lowest BCUT2D eigenvalue weighted by Gasteiger charge is -2.11. The third-order valence-electron chi connectivity index (χ3n) is 3.11. The summed E-state index contributed by atoms with van der Waals surface area (Å²) in [7, 11) is -3.55. The molecule has 0 unspecified atom stereocenters. The zero-order valence-electron chi connectivity index (χ0n) is 11.3. The van der Waals surface area contributed by atoms with Crippen LogP contribution < -0.4 is 10.0 Å². The van der Waals surface area contributed by atoms with Crippen molar-refractivity contribution in [3.8, 4) is 0 Å². The average molecular weight is 355 g/mol. The van der Waals surface area contributed by atoms with Gasteiger partial charge in [-0.05, 0) is 44.4 Å². The summed E-state index contributed by atoms with van der Waals surface area (Å²) in [5, 5.41) is 3.20. The van der Waals surface area contributed by atoms with Crippen molar-refractivity contribution in [3.63, 3.8) is 0 Å². The molecule has 1 aromatic carbocycles. The fourth-order valence-corrected chi connectivity index (χ4v) is 3.74. The summed E-state index contributed by atoms with van der Waals surface area (Å²) in [5.74, 6) is -0.636. The van der Waals surface area contributed by atoms with E-state index in [0.717, 1.165) is 25.1 Å². The Labute approximate surface area is 134 Å². The van der Waals surface area contributed by atoms with Crippen LogP contribution in [0.25, 0.3) is 0 Å². The minimum Gasteiger partial charge on any atom is -0.314 e. The van der Waals surface area contributed by atoms with Crippen molar-refractivity contribution in [3.05, 3.63) is 28.0 Å². The number of unbranched alkanes of at least 4 members (excludes halogenated alkanes) is 1. The quantitative estimate of drug-likeness (QED) is 0.703. The largest absolute Gasteiger partial charge is 0.314 e. The van der Waals surface area contributed by atoms with E-state index in [2.05, 4.69) is 10.0 Å². The highest BCUT2D eigenvalue weighted by Crippen LogP contribution is 2.32. The van der Waals surface area contributed by atoms with Crippen molar-refractivity contribution in [2.24, 2.45) is 0 Å². The fourth-order valence-electron chi connectivity index (χ4n) is 1.86. The second kappa shape index (κ2) is 7.13. The van der Waals surface area contributed by atoms with E-state index in [4.69, 9.17) is 23.2 Å². The van der Waals surface area contributed by atoms with Crippen LogP contribution in [-0.2, 0) is 10.0 Å². The zero-order valence-corrected chi connectivity index (χ0v) is 13.7. The first-order valence-electron chi connectivity index (χ1n) is 6.76. The average Bonchev–Trinajstić information content (AvgIpc) is 3.17. The van der Waals surface area contributed by atoms with Gasteiger partial charge in [-0.2, -0.15) is 0 Å². The topological polar surface area (TPSA) is 58.2 Å². The molecular formula is C13H17Cl2FN2O2S. The lowest BCUT2D eigenvalue weighted by Crippen LogP contribution is -2.20. The summed E-state index contributed by atoms with van der Waals surface area (Å²) in [6, 6.07) is 2.66. The minimum absolute atomic E-state index is 0.0239. The Kier molecular flexibility index (Phi) is 5.71. The van der Waals surface area contributed by atoms with Crippen LogP contribution in [0.5, 0.6) is 0 Å². The van der Waals surface area contributed by atoms with Crippen molar-refractivity contribution < 1.29 is 12.8 Å². The van der Waals surface area contributed by atoms with Crippen LogP contribution in [0, 0.1) is 5.82 Å². The van der Waals surface area contributed by atoms with E-state index >= 15 is 0 Å². The normalized spacial score (nSPS) is 15.2. The van der Waals surface area contributed by atoms with Gasteiger partial charge in [0.1, 0.15) is 5.82 Å². The van der Waals surface area contributed by atoms with Crippen molar-refractivity contribution in [1.82, 2.24) is 5.32 Å². The van der Waals surface area contributed by atoms with Gasteiger partial charge < -0.3 is 5.32 Å². The van der Waals surface area contributed by atoms with Crippen LogP contribution in [0.2, 0.25) is 10.0 Å². The SMILES string of the molecule is O=S(=O)(CCCCNC1CC1)Nc1c(Cl)cc(F)cc1Cl. The molecule has 0 amide bonds. The van der Waals surface area contributed by atoms with E-state index in [1.54, 1.807) is 0 Å². The number of hydrogen-bond donors (Lipinski definition) is 2. The smallest absolute Gasteiger partial charge is 0.232 e. The van der Waals surface area contributed by atoms with Gasteiger partial charge in [0, 0.05) is 6.04 Å². The number of rotatable bonds is 8. The lowest BCUT2D eigenvalue weighted by atomic mass is 10.3. The molecule has 4 nitrogen and oxygen atoms in total. The molecule has 0 heterocycles. The Morgan fingerprint density at radius 2 is 1.81 bits per heavy atom. The van der Waals surface area contributed by atoms with Crippen molar-refractivity contribution >= 4 is 38.9 Å². The first kappa shape index (κ1) is 16.8.